The zero-order valence-corrected chi connectivity index (χ0v) is 11.7. The van der Waals surface area contributed by atoms with Gasteiger partial charge in [0.2, 0.25) is 0 Å². The number of rotatable bonds is 3. The van der Waals surface area contributed by atoms with E-state index >= 15 is 0 Å². The van der Waals surface area contributed by atoms with E-state index in [2.05, 4.69) is 38.4 Å². The molecule has 0 unspecified atom stereocenters. The van der Waals surface area contributed by atoms with Gasteiger partial charge in [-0.25, -0.2) is 4.39 Å². The highest BCUT2D eigenvalue weighted by Gasteiger charge is 2.03. The van der Waals surface area contributed by atoms with Gasteiger partial charge in [-0.2, -0.15) is 0 Å². The van der Waals surface area contributed by atoms with Crippen molar-refractivity contribution in [3.8, 4) is 0 Å². The SMILES string of the molecule is Fc1ccc(Br)cc1NCc1ccc2cc[nH]c2c1. The number of H-pyrrole nitrogens is 1. The van der Waals surface area contributed by atoms with Gasteiger partial charge in [0.15, 0.2) is 0 Å². The average molecular weight is 319 g/mol. The highest BCUT2D eigenvalue weighted by atomic mass is 79.9. The van der Waals surface area contributed by atoms with Gasteiger partial charge in [0, 0.05) is 22.7 Å². The summed E-state index contributed by atoms with van der Waals surface area (Å²) >= 11 is 3.34. The van der Waals surface area contributed by atoms with Crippen molar-refractivity contribution in [3.63, 3.8) is 0 Å². The summed E-state index contributed by atoms with van der Waals surface area (Å²) in [7, 11) is 0. The predicted molar refractivity (Wildman–Crippen MR) is 79.7 cm³/mol. The van der Waals surface area contributed by atoms with E-state index in [0.29, 0.717) is 12.2 Å². The van der Waals surface area contributed by atoms with Gasteiger partial charge in [-0.1, -0.05) is 28.1 Å². The molecule has 2 nitrogen and oxygen atoms in total. The second kappa shape index (κ2) is 5.05. The van der Waals surface area contributed by atoms with E-state index in [0.717, 1.165) is 15.6 Å². The van der Waals surface area contributed by atoms with E-state index in [4.69, 9.17) is 0 Å². The molecule has 0 spiro atoms. The molecule has 0 aliphatic heterocycles. The first kappa shape index (κ1) is 12.2. The number of anilines is 1. The number of hydrogen-bond donors (Lipinski definition) is 2. The van der Waals surface area contributed by atoms with Crippen molar-refractivity contribution in [2.75, 3.05) is 5.32 Å². The van der Waals surface area contributed by atoms with Crippen LogP contribution in [0.2, 0.25) is 0 Å². The van der Waals surface area contributed by atoms with Crippen LogP contribution in [0.3, 0.4) is 0 Å². The topological polar surface area (TPSA) is 27.8 Å². The van der Waals surface area contributed by atoms with Gasteiger partial charge in [0.05, 0.1) is 5.69 Å². The van der Waals surface area contributed by atoms with E-state index in [-0.39, 0.29) is 5.82 Å². The lowest BCUT2D eigenvalue weighted by Crippen LogP contribution is -2.01. The van der Waals surface area contributed by atoms with Crippen molar-refractivity contribution in [2.45, 2.75) is 6.54 Å². The molecule has 96 valence electrons. The molecule has 0 aliphatic carbocycles. The lowest BCUT2D eigenvalue weighted by Gasteiger charge is -2.08. The summed E-state index contributed by atoms with van der Waals surface area (Å²) in [6.07, 6.45) is 1.91. The molecule has 2 N–H and O–H groups in total. The molecule has 0 radical (unpaired) electrons. The Labute approximate surface area is 118 Å². The zero-order chi connectivity index (χ0) is 13.2. The summed E-state index contributed by atoms with van der Waals surface area (Å²) in [5, 5.41) is 4.29. The Morgan fingerprint density at radius 3 is 2.89 bits per heavy atom. The normalized spacial score (nSPS) is 10.8. The highest BCUT2D eigenvalue weighted by Crippen LogP contribution is 2.21. The van der Waals surface area contributed by atoms with Gasteiger partial charge in [-0.15, -0.1) is 0 Å². The summed E-state index contributed by atoms with van der Waals surface area (Å²) < 4.78 is 14.4. The van der Waals surface area contributed by atoms with Crippen LogP contribution < -0.4 is 5.32 Å². The molecule has 0 atom stereocenters. The fourth-order valence-electron chi connectivity index (χ4n) is 2.04. The fraction of sp³-hybridized carbons (Fsp3) is 0.0667. The standard InChI is InChI=1S/C15H12BrFN2/c16-12-3-4-13(17)15(8-12)19-9-10-1-2-11-5-6-18-14(11)7-10/h1-8,18-19H,9H2. The van der Waals surface area contributed by atoms with E-state index in [1.807, 2.05) is 18.3 Å². The monoisotopic (exact) mass is 318 g/mol. The minimum atomic E-state index is -0.246. The molecule has 1 heterocycles. The molecule has 1 aromatic heterocycles. The third kappa shape index (κ3) is 2.63. The minimum absolute atomic E-state index is 0.246. The van der Waals surface area contributed by atoms with Crippen molar-refractivity contribution in [1.82, 2.24) is 4.98 Å². The summed E-state index contributed by atoms with van der Waals surface area (Å²) in [5.74, 6) is -0.246. The maximum atomic E-state index is 13.6. The third-order valence-corrected chi connectivity index (χ3v) is 3.52. The van der Waals surface area contributed by atoms with E-state index in [1.165, 1.54) is 11.5 Å². The number of benzene rings is 2. The Morgan fingerprint density at radius 1 is 1.11 bits per heavy atom. The molecule has 0 saturated carbocycles. The second-order valence-electron chi connectivity index (χ2n) is 4.38. The third-order valence-electron chi connectivity index (χ3n) is 3.03. The lowest BCUT2D eigenvalue weighted by atomic mass is 10.1. The smallest absolute Gasteiger partial charge is 0.146 e. The highest BCUT2D eigenvalue weighted by molar-refractivity contribution is 9.10. The molecular formula is C15H12BrFN2. The molecule has 0 fully saturated rings. The van der Waals surface area contributed by atoms with Crippen LogP contribution in [0.1, 0.15) is 5.56 Å². The number of nitrogens with one attached hydrogen (secondary N) is 2. The molecule has 0 amide bonds. The van der Waals surface area contributed by atoms with Gasteiger partial charge in [-0.05, 0) is 41.3 Å². The van der Waals surface area contributed by atoms with E-state index in [1.54, 1.807) is 12.1 Å². The predicted octanol–water partition coefficient (Wildman–Crippen LogP) is 4.68. The largest absolute Gasteiger partial charge is 0.379 e. The molecule has 0 aliphatic rings. The Kier molecular flexibility index (Phi) is 3.25. The average Bonchev–Trinajstić information content (AvgIpc) is 2.87. The van der Waals surface area contributed by atoms with Crippen molar-refractivity contribution in [1.29, 1.82) is 0 Å². The first-order valence-corrected chi connectivity index (χ1v) is 6.76. The molecule has 2 aromatic carbocycles. The number of aromatic nitrogens is 1. The first-order chi connectivity index (χ1) is 9.22. The van der Waals surface area contributed by atoms with Gasteiger partial charge < -0.3 is 10.3 Å². The Hall–Kier alpha value is -1.81. The van der Waals surface area contributed by atoms with E-state index < -0.39 is 0 Å². The molecular weight excluding hydrogens is 307 g/mol. The maximum absolute atomic E-state index is 13.6. The van der Waals surface area contributed by atoms with E-state index in [9.17, 15) is 4.39 Å². The second-order valence-corrected chi connectivity index (χ2v) is 5.29. The minimum Gasteiger partial charge on any atom is -0.379 e. The molecule has 3 rings (SSSR count). The van der Waals surface area contributed by atoms with Crippen LogP contribution >= 0.6 is 15.9 Å². The summed E-state index contributed by atoms with van der Waals surface area (Å²) in [6.45, 7) is 0.586. The molecule has 0 bridgehead atoms. The number of hydrogen-bond acceptors (Lipinski definition) is 1. The van der Waals surface area contributed by atoms with Crippen LogP contribution in [0.15, 0.2) is 53.1 Å². The van der Waals surface area contributed by atoms with Crippen molar-refractivity contribution < 1.29 is 4.39 Å². The number of halogens is 2. The quantitative estimate of drug-likeness (QED) is 0.721. The van der Waals surface area contributed by atoms with Gasteiger partial charge >= 0.3 is 0 Å². The zero-order valence-electron chi connectivity index (χ0n) is 10.1. The van der Waals surface area contributed by atoms with Crippen molar-refractivity contribution in [2.24, 2.45) is 0 Å². The molecule has 3 aromatic rings. The summed E-state index contributed by atoms with van der Waals surface area (Å²) in [4.78, 5) is 3.17. The van der Waals surface area contributed by atoms with Crippen molar-refractivity contribution >= 4 is 32.5 Å². The number of fused-ring (bicyclic) bond motifs is 1. The maximum Gasteiger partial charge on any atom is 0.146 e. The fourth-order valence-corrected chi connectivity index (χ4v) is 2.40. The molecule has 4 heteroatoms. The first-order valence-electron chi connectivity index (χ1n) is 5.97. The van der Waals surface area contributed by atoms with Crippen LogP contribution in [0, 0.1) is 5.82 Å². The van der Waals surface area contributed by atoms with Gasteiger partial charge in [0.25, 0.3) is 0 Å². The lowest BCUT2D eigenvalue weighted by molar-refractivity contribution is 0.630. The van der Waals surface area contributed by atoms with Crippen LogP contribution in [0.4, 0.5) is 10.1 Å². The number of aromatic amines is 1. The van der Waals surface area contributed by atoms with Gasteiger partial charge in [0.1, 0.15) is 5.82 Å². The summed E-state index contributed by atoms with van der Waals surface area (Å²) in [5.41, 5.74) is 2.70. The Balaban J connectivity index is 1.79. The van der Waals surface area contributed by atoms with Crippen LogP contribution in [0.25, 0.3) is 10.9 Å². The van der Waals surface area contributed by atoms with Crippen LogP contribution in [-0.2, 0) is 6.54 Å². The van der Waals surface area contributed by atoms with Gasteiger partial charge in [-0.3, -0.25) is 0 Å². The van der Waals surface area contributed by atoms with Crippen LogP contribution in [-0.4, -0.2) is 4.98 Å². The molecule has 0 saturated heterocycles. The van der Waals surface area contributed by atoms with Crippen molar-refractivity contribution in [3.05, 3.63) is 64.5 Å². The Morgan fingerprint density at radius 2 is 2.00 bits per heavy atom. The molecule has 19 heavy (non-hydrogen) atoms. The van der Waals surface area contributed by atoms with Crippen LogP contribution in [0.5, 0.6) is 0 Å². The Bertz CT molecular complexity index is 721. The summed E-state index contributed by atoms with van der Waals surface area (Å²) in [6, 6.07) is 13.1.